The van der Waals surface area contributed by atoms with E-state index in [-0.39, 0.29) is 11.2 Å². The molecule has 8 heteroatoms. The fourth-order valence-electron chi connectivity index (χ4n) is 2.91. The Morgan fingerprint density at radius 3 is 2.71 bits per heavy atom. The van der Waals surface area contributed by atoms with E-state index in [0.717, 1.165) is 40.6 Å². The van der Waals surface area contributed by atoms with Gasteiger partial charge in [-0.15, -0.1) is 10.2 Å². The van der Waals surface area contributed by atoms with Crippen molar-refractivity contribution < 1.29 is 4.79 Å². The van der Waals surface area contributed by atoms with Crippen LogP contribution in [-0.4, -0.2) is 30.9 Å². The number of thioether (sulfide) groups is 1. The Labute approximate surface area is 172 Å². The second kappa shape index (κ2) is 7.93. The number of rotatable bonds is 6. The molecule has 6 nitrogen and oxygen atoms in total. The van der Waals surface area contributed by atoms with Crippen LogP contribution < -0.4 is 5.32 Å². The Hall–Kier alpha value is -2.38. The molecule has 1 fully saturated rings. The maximum Gasteiger partial charge on any atom is 0.237 e. The van der Waals surface area contributed by atoms with Gasteiger partial charge in [-0.3, -0.25) is 14.3 Å². The normalized spacial score (nSPS) is 14.7. The van der Waals surface area contributed by atoms with E-state index in [4.69, 9.17) is 11.6 Å². The molecule has 1 atom stereocenters. The number of pyridine rings is 1. The van der Waals surface area contributed by atoms with Gasteiger partial charge in [-0.05, 0) is 56.5 Å². The van der Waals surface area contributed by atoms with Gasteiger partial charge in [-0.25, -0.2) is 0 Å². The fraction of sp³-hybridized carbons (Fsp3) is 0.300. The number of halogens is 1. The minimum Gasteiger partial charge on any atom is -0.325 e. The summed E-state index contributed by atoms with van der Waals surface area (Å²) < 4.78 is 2.15. The molecule has 144 valence electrons. The first-order valence-corrected chi connectivity index (χ1v) is 10.4. The van der Waals surface area contributed by atoms with Crippen molar-refractivity contribution >= 4 is 35.0 Å². The molecule has 2 aromatic heterocycles. The van der Waals surface area contributed by atoms with Crippen LogP contribution >= 0.6 is 23.4 Å². The molecule has 1 saturated carbocycles. The van der Waals surface area contributed by atoms with Gasteiger partial charge in [0.2, 0.25) is 5.91 Å². The van der Waals surface area contributed by atoms with Crippen LogP contribution in [0.4, 0.5) is 5.69 Å². The summed E-state index contributed by atoms with van der Waals surface area (Å²) in [7, 11) is 0. The van der Waals surface area contributed by atoms with Gasteiger partial charge < -0.3 is 5.32 Å². The molecule has 1 aliphatic carbocycles. The highest BCUT2D eigenvalue weighted by Gasteiger charge is 2.31. The first-order chi connectivity index (χ1) is 13.5. The molecular weight excluding hydrogens is 394 g/mol. The molecule has 1 aromatic carbocycles. The number of hydrogen-bond acceptors (Lipinski definition) is 5. The monoisotopic (exact) mass is 413 g/mol. The second-order valence-corrected chi connectivity index (χ2v) is 8.52. The molecule has 0 radical (unpaired) electrons. The number of amides is 1. The molecule has 1 amide bonds. The van der Waals surface area contributed by atoms with Crippen LogP contribution in [0.2, 0.25) is 5.02 Å². The predicted molar refractivity (Wildman–Crippen MR) is 112 cm³/mol. The number of benzene rings is 1. The van der Waals surface area contributed by atoms with Gasteiger partial charge in [-0.1, -0.05) is 29.4 Å². The first-order valence-electron chi connectivity index (χ1n) is 9.12. The third-order valence-corrected chi connectivity index (χ3v) is 6.16. The summed E-state index contributed by atoms with van der Waals surface area (Å²) in [5.41, 5.74) is 2.56. The first kappa shape index (κ1) is 19.0. The van der Waals surface area contributed by atoms with Crippen LogP contribution in [0.15, 0.2) is 47.9 Å². The Balaban J connectivity index is 1.53. The molecule has 3 aromatic rings. The lowest BCUT2D eigenvalue weighted by molar-refractivity contribution is -0.115. The quantitative estimate of drug-likeness (QED) is 0.590. The number of nitrogens with one attached hydrogen (secondary N) is 1. The molecule has 4 rings (SSSR count). The summed E-state index contributed by atoms with van der Waals surface area (Å²) in [6, 6.07) is 9.73. The van der Waals surface area contributed by atoms with Gasteiger partial charge in [-0.2, -0.15) is 0 Å². The van der Waals surface area contributed by atoms with E-state index in [9.17, 15) is 4.79 Å². The lowest BCUT2D eigenvalue weighted by atomic mass is 10.2. The average Bonchev–Trinajstić information content (AvgIpc) is 3.46. The van der Waals surface area contributed by atoms with Crippen molar-refractivity contribution in [3.8, 4) is 11.4 Å². The number of aromatic nitrogens is 4. The van der Waals surface area contributed by atoms with E-state index in [0.29, 0.717) is 11.1 Å². The molecule has 0 saturated heterocycles. The maximum absolute atomic E-state index is 12.7. The number of carbonyl (C=O) groups excluding carboxylic acids is 1. The van der Waals surface area contributed by atoms with Gasteiger partial charge in [0.25, 0.3) is 0 Å². The summed E-state index contributed by atoms with van der Waals surface area (Å²) in [5, 5.41) is 12.8. The van der Waals surface area contributed by atoms with E-state index < -0.39 is 0 Å². The Bertz CT molecular complexity index is 1000. The summed E-state index contributed by atoms with van der Waals surface area (Å²) in [6.07, 6.45) is 5.70. The highest BCUT2D eigenvalue weighted by molar-refractivity contribution is 8.00. The van der Waals surface area contributed by atoms with Gasteiger partial charge in [0.05, 0.1) is 5.25 Å². The Morgan fingerprint density at radius 1 is 1.25 bits per heavy atom. The summed E-state index contributed by atoms with van der Waals surface area (Å²) in [5.74, 6) is 0.733. The Kier molecular flexibility index (Phi) is 5.37. The van der Waals surface area contributed by atoms with Gasteiger partial charge in [0.15, 0.2) is 11.0 Å². The molecule has 2 heterocycles. The minimum absolute atomic E-state index is 0.0915. The van der Waals surface area contributed by atoms with Crippen LogP contribution in [0.25, 0.3) is 11.4 Å². The zero-order chi connectivity index (χ0) is 19.7. The predicted octanol–water partition coefficient (Wildman–Crippen LogP) is 4.76. The summed E-state index contributed by atoms with van der Waals surface area (Å²) >= 11 is 7.57. The molecule has 0 spiro atoms. The van der Waals surface area contributed by atoms with Gasteiger partial charge in [0, 0.05) is 34.7 Å². The van der Waals surface area contributed by atoms with E-state index >= 15 is 0 Å². The molecule has 0 unspecified atom stereocenters. The number of anilines is 1. The third-order valence-electron chi connectivity index (χ3n) is 4.69. The highest BCUT2D eigenvalue weighted by Crippen LogP contribution is 2.41. The van der Waals surface area contributed by atoms with Crippen molar-refractivity contribution in [1.29, 1.82) is 0 Å². The van der Waals surface area contributed by atoms with Gasteiger partial charge in [0.1, 0.15) is 0 Å². The topological polar surface area (TPSA) is 72.7 Å². The fourth-order valence-corrected chi connectivity index (χ4v) is 4.00. The van der Waals surface area contributed by atoms with Crippen molar-refractivity contribution in [2.24, 2.45) is 0 Å². The zero-order valence-electron chi connectivity index (χ0n) is 15.6. The molecule has 1 N–H and O–H groups in total. The van der Waals surface area contributed by atoms with Crippen LogP contribution in [-0.2, 0) is 4.79 Å². The summed E-state index contributed by atoms with van der Waals surface area (Å²) in [4.78, 5) is 16.8. The van der Waals surface area contributed by atoms with Crippen molar-refractivity contribution in [2.45, 2.75) is 43.1 Å². The van der Waals surface area contributed by atoms with Crippen LogP contribution in [0.1, 0.15) is 31.4 Å². The summed E-state index contributed by atoms with van der Waals surface area (Å²) in [6.45, 7) is 3.76. The van der Waals surface area contributed by atoms with Gasteiger partial charge >= 0.3 is 0 Å². The van der Waals surface area contributed by atoms with Crippen LogP contribution in [0, 0.1) is 6.92 Å². The van der Waals surface area contributed by atoms with E-state index in [1.807, 2.05) is 44.2 Å². The molecule has 1 aliphatic rings. The van der Waals surface area contributed by atoms with E-state index in [2.05, 4.69) is 25.1 Å². The van der Waals surface area contributed by atoms with Crippen LogP contribution in [0.5, 0.6) is 0 Å². The number of hydrogen-bond donors (Lipinski definition) is 1. The van der Waals surface area contributed by atoms with E-state index in [1.54, 1.807) is 12.4 Å². The highest BCUT2D eigenvalue weighted by atomic mass is 35.5. The van der Waals surface area contributed by atoms with Crippen molar-refractivity contribution in [3.63, 3.8) is 0 Å². The molecule has 0 aliphatic heterocycles. The number of nitrogens with zero attached hydrogens (tertiary/aromatic N) is 4. The largest absolute Gasteiger partial charge is 0.325 e. The van der Waals surface area contributed by atoms with Crippen molar-refractivity contribution in [3.05, 3.63) is 53.3 Å². The standard InChI is InChI=1S/C20H20ClN5OS/c1-12-16(21)4-3-5-17(12)23-19(27)13(2)28-20-25-24-18(26(20)15-6-7-15)14-8-10-22-11-9-14/h3-5,8-11,13,15H,6-7H2,1-2H3,(H,23,27)/t13-/m0/s1. The second-order valence-electron chi connectivity index (χ2n) is 6.80. The van der Waals surface area contributed by atoms with Crippen molar-refractivity contribution in [1.82, 2.24) is 19.7 Å². The Morgan fingerprint density at radius 2 is 2.00 bits per heavy atom. The lowest BCUT2D eigenvalue weighted by Gasteiger charge is -2.15. The minimum atomic E-state index is -0.328. The SMILES string of the molecule is Cc1c(Cl)cccc1NC(=O)[C@H](C)Sc1nnc(-c2ccncc2)n1C1CC1. The maximum atomic E-state index is 12.7. The zero-order valence-corrected chi connectivity index (χ0v) is 17.2. The van der Waals surface area contributed by atoms with E-state index in [1.165, 1.54) is 11.8 Å². The van der Waals surface area contributed by atoms with Crippen molar-refractivity contribution in [2.75, 3.05) is 5.32 Å². The van der Waals surface area contributed by atoms with Crippen LogP contribution in [0.3, 0.4) is 0 Å². The smallest absolute Gasteiger partial charge is 0.237 e. The molecule has 28 heavy (non-hydrogen) atoms. The lowest BCUT2D eigenvalue weighted by Crippen LogP contribution is -2.23. The average molecular weight is 414 g/mol. The molecular formula is C20H20ClN5OS. The third kappa shape index (κ3) is 3.91. The molecule has 0 bridgehead atoms. The number of carbonyl (C=O) groups is 1.